The van der Waals surface area contributed by atoms with Gasteiger partial charge in [-0.2, -0.15) is 4.98 Å². The smallest absolute Gasteiger partial charge is 0.245 e. The van der Waals surface area contributed by atoms with Crippen LogP contribution in [0.2, 0.25) is 10.4 Å². The molecule has 0 amide bonds. The van der Waals surface area contributed by atoms with Crippen LogP contribution >= 0.6 is 23.2 Å². The fourth-order valence-electron chi connectivity index (χ4n) is 1.15. The standard InChI is InChI=1S/C9H3Cl2F3N4/c10-7-8(16-9(11)18-17-7)15-6-4(13)1-3(12)2-5(6)14/h1-2H,(H,15,16,18). The zero-order chi connectivity index (χ0) is 13.3. The van der Waals surface area contributed by atoms with Gasteiger partial charge in [-0.3, -0.25) is 0 Å². The van der Waals surface area contributed by atoms with Crippen molar-refractivity contribution >= 4 is 34.7 Å². The highest BCUT2D eigenvalue weighted by atomic mass is 35.5. The first-order valence-electron chi connectivity index (χ1n) is 4.44. The summed E-state index contributed by atoms with van der Waals surface area (Å²) in [4.78, 5) is 3.59. The molecule has 0 aliphatic carbocycles. The second kappa shape index (κ2) is 4.95. The first-order valence-corrected chi connectivity index (χ1v) is 5.20. The van der Waals surface area contributed by atoms with Crippen LogP contribution in [0.3, 0.4) is 0 Å². The van der Waals surface area contributed by atoms with E-state index in [0.29, 0.717) is 12.1 Å². The van der Waals surface area contributed by atoms with Crippen molar-refractivity contribution in [3.05, 3.63) is 40.0 Å². The number of aromatic nitrogens is 3. The summed E-state index contributed by atoms with van der Waals surface area (Å²) in [6.07, 6.45) is 0. The lowest BCUT2D eigenvalue weighted by Gasteiger charge is -2.08. The van der Waals surface area contributed by atoms with Gasteiger partial charge >= 0.3 is 0 Å². The van der Waals surface area contributed by atoms with E-state index in [1.807, 2.05) is 0 Å². The maximum Gasteiger partial charge on any atom is 0.245 e. The number of hydrogen-bond acceptors (Lipinski definition) is 4. The molecule has 0 radical (unpaired) electrons. The van der Waals surface area contributed by atoms with E-state index in [0.717, 1.165) is 0 Å². The van der Waals surface area contributed by atoms with Crippen molar-refractivity contribution in [2.75, 3.05) is 5.32 Å². The summed E-state index contributed by atoms with van der Waals surface area (Å²) in [6, 6.07) is 1.02. The molecule has 0 atom stereocenters. The molecule has 0 saturated heterocycles. The van der Waals surface area contributed by atoms with E-state index >= 15 is 0 Å². The van der Waals surface area contributed by atoms with Crippen molar-refractivity contribution < 1.29 is 13.2 Å². The Labute approximate surface area is 109 Å². The number of nitrogens with zero attached hydrogens (tertiary/aromatic N) is 3. The summed E-state index contributed by atoms with van der Waals surface area (Å²) in [7, 11) is 0. The van der Waals surface area contributed by atoms with Crippen LogP contribution < -0.4 is 5.32 Å². The molecule has 0 aliphatic rings. The van der Waals surface area contributed by atoms with Crippen molar-refractivity contribution in [3.63, 3.8) is 0 Å². The van der Waals surface area contributed by atoms with Crippen molar-refractivity contribution in [1.82, 2.24) is 15.2 Å². The molecule has 1 aromatic heterocycles. The second-order valence-electron chi connectivity index (χ2n) is 3.09. The lowest BCUT2D eigenvalue weighted by atomic mass is 10.3. The van der Waals surface area contributed by atoms with E-state index in [2.05, 4.69) is 20.5 Å². The Morgan fingerprint density at radius 3 is 2.22 bits per heavy atom. The third-order valence-corrected chi connectivity index (χ3v) is 2.28. The predicted octanol–water partition coefficient (Wildman–Crippen LogP) is 3.34. The third kappa shape index (κ3) is 2.62. The average Bonchev–Trinajstić information content (AvgIpc) is 2.28. The van der Waals surface area contributed by atoms with Crippen molar-refractivity contribution in [3.8, 4) is 0 Å². The lowest BCUT2D eigenvalue weighted by Crippen LogP contribution is -2.03. The predicted molar refractivity (Wildman–Crippen MR) is 59.4 cm³/mol. The number of rotatable bonds is 2. The first-order chi connectivity index (χ1) is 8.47. The van der Waals surface area contributed by atoms with Gasteiger partial charge in [-0.1, -0.05) is 11.6 Å². The highest BCUT2D eigenvalue weighted by Gasteiger charge is 2.15. The minimum absolute atomic E-state index is 0.193. The van der Waals surface area contributed by atoms with Gasteiger partial charge in [0.15, 0.2) is 22.6 Å². The molecule has 0 fully saturated rings. The van der Waals surface area contributed by atoms with Gasteiger partial charge in [0.1, 0.15) is 11.5 Å². The molecule has 18 heavy (non-hydrogen) atoms. The Morgan fingerprint density at radius 2 is 1.61 bits per heavy atom. The monoisotopic (exact) mass is 294 g/mol. The molecule has 0 aliphatic heterocycles. The maximum absolute atomic E-state index is 13.3. The van der Waals surface area contributed by atoms with Crippen molar-refractivity contribution in [1.29, 1.82) is 0 Å². The molecule has 1 heterocycles. The van der Waals surface area contributed by atoms with Crippen LogP contribution in [0.4, 0.5) is 24.7 Å². The molecule has 2 rings (SSSR count). The SMILES string of the molecule is Fc1cc(F)c(Nc2nc(Cl)nnc2Cl)c(F)c1. The maximum atomic E-state index is 13.3. The molecular weight excluding hydrogens is 292 g/mol. The number of benzene rings is 1. The summed E-state index contributed by atoms with van der Waals surface area (Å²) in [6.45, 7) is 0. The number of halogens is 5. The van der Waals surface area contributed by atoms with Crippen LogP contribution in [0.5, 0.6) is 0 Å². The van der Waals surface area contributed by atoms with E-state index in [4.69, 9.17) is 23.2 Å². The van der Waals surface area contributed by atoms with Gasteiger partial charge in [0, 0.05) is 12.1 Å². The van der Waals surface area contributed by atoms with Gasteiger partial charge in [-0.15, -0.1) is 10.2 Å². The van der Waals surface area contributed by atoms with Gasteiger partial charge in [0.25, 0.3) is 0 Å². The van der Waals surface area contributed by atoms with Crippen LogP contribution in [0.25, 0.3) is 0 Å². The largest absolute Gasteiger partial charge is 0.333 e. The van der Waals surface area contributed by atoms with E-state index in [9.17, 15) is 13.2 Å². The summed E-state index contributed by atoms with van der Waals surface area (Å²) in [5.41, 5.74) is -0.616. The molecule has 4 nitrogen and oxygen atoms in total. The molecule has 0 spiro atoms. The van der Waals surface area contributed by atoms with Crippen LogP contribution in [-0.2, 0) is 0 Å². The number of anilines is 2. The minimum atomic E-state index is -1.14. The Hall–Kier alpha value is -1.60. The van der Waals surface area contributed by atoms with Crippen molar-refractivity contribution in [2.45, 2.75) is 0 Å². The zero-order valence-corrected chi connectivity index (χ0v) is 9.90. The first kappa shape index (κ1) is 12.8. The van der Waals surface area contributed by atoms with Gasteiger partial charge in [0.05, 0.1) is 0 Å². The third-order valence-electron chi connectivity index (χ3n) is 1.87. The Morgan fingerprint density at radius 1 is 1.00 bits per heavy atom. The number of nitrogens with one attached hydrogen (secondary N) is 1. The van der Waals surface area contributed by atoms with E-state index in [-0.39, 0.29) is 16.3 Å². The van der Waals surface area contributed by atoms with Crippen LogP contribution in [0, 0.1) is 17.5 Å². The average molecular weight is 295 g/mol. The topological polar surface area (TPSA) is 50.7 Å². The van der Waals surface area contributed by atoms with E-state index < -0.39 is 23.1 Å². The molecular formula is C9H3Cl2F3N4. The summed E-state index contributed by atoms with van der Waals surface area (Å²) in [5, 5.41) is 8.45. The summed E-state index contributed by atoms with van der Waals surface area (Å²) in [5.74, 6) is -3.52. The van der Waals surface area contributed by atoms with Crippen LogP contribution in [0.1, 0.15) is 0 Å². The lowest BCUT2D eigenvalue weighted by molar-refractivity contribution is 0.548. The van der Waals surface area contributed by atoms with E-state index in [1.54, 1.807) is 0 Å². The molecule has 0 bridgehead atoms. The molecule has 0 unspecified atom stereocenters. The van der Waals surface area contributed by atoms with Gasteiger partial charge < -0.3 is 5.32 Å². The molecule has 2 aromatic rings. The summed E-state index contributed by atoms with van der Waals surface area (Å²) < 4.78 is 39.4. The molecule has 1 aromatic carbocycles. The highest BCUT2D eigenvalue weighted by Crippen LogP contribution is 2.26. The van der Waals surface area contributed by atoms with Gasteiger partial charge in [0.2, 0.25) is 5.28 Å². The number of hydrogen-bond donors (Lipinski definition) is 1. The fraction of sp³-hybridized carbons (Fsp3) is 0. The molecule has 9 heteroatoms. The summed E-state index contributed by atoms with van der Waals surface area (Å²) >= 11 is 11.1. The van der Waals surface area contributed by atoms with Gasteiger partial charge in [-0.05, 0) is 11.6 Å². The Bertz CT molecular complexity index is 585. The zero-order valence-electron chi connectivity index (χ0n) is 8.39. The van der Waals surface area contributed by atoms with Crippen LogP contribution in [-0.4, -0.2) is 15.2 Å². The molecule has 0 saturated carbocycles. The van der Waals surface area contributed by atoms with Crippen molar-refractivity contribution in [2.24, 2.45) is 0 Å². The minimum Gasteiger partial charge on any atom is -0.333 e. The highest BCUT2D eigenvalue weighted by molar-refractivity contribution is 6.32. The van der Waals surface area contributed by atoms with Gasteiger partial charge in [-0.25, -0.2) is 13.2 Å². The Kier molecular flexibility index (Phi) is 3.53. The quantitative estimate of drug-likeness (QED) is 0.923. The Balaban J connectivity index is 2.43. The van der Waals surface area contributed by atoms with Crippen LogP contribution in [0.15, 0.2) is 12.1 Å². The molecule has 1 N–H and O–H groups in total. The second-order valence-corrected chi connectivity index (χ2v) is 3.79. The normalized spacial score (nSPS) is 10.5. The molecule has 94 valence electrons. The fourth-order valence-corrected chi connectivity index (χ4v) is 1.40. The van der Waals surface area contributed by atoms with E-state index in [1.165, 1.54) is 0 Å².